The molecule has 0 bridgehead atoms. The molecular formula is C24H27Cl2N3O4. The van der Waals surface area contributed by atoms with E-state index in [1.165, 1.54) is 11.0 Å². The summed E-state index contributed by atoms with van der Waals surface area (Å²) in [4.78, 5) is 39.0. The molecule has 0 aliphatic heterocycles. The molecule has 9 heteroatoms. The Bertz CT molecular complexity index is 1020. The number of nitro benzene ring substituents is 1. The van der Waals surface area contributed by atoms with Gasteiger partial charge in [-0.1, -0.05) is 67.2 Å². The maximum Gasteiger partial charge on any atom is 0.273 e. The number of nitro groups is 1. The maximum absolute atomic E-state index is 13.4. The Hall–Kier alpha value is -2.64. The number of hydrogen-bond donors (Lipinski definition) is 1. The second-order valence-corrected chi connectivity index (χ2v) is 9.06. The first-order valence-electron chi connectivity index (χ1n) is 11.1. The van der Waals surface area contributed by atoms with Crippen LogP contribution in [0.5, 0.6) is 0 Å². The van der Waals surface area contributed by atoms with Crippen molar-refractivity contribution < 1.29 is 14.5 Å². The van der Waals surface area contributed by atoms with Gasteiger partial charge in [0.15, 0.2) is 0 Å². The number of carbonyl (C=O) groups is 2. The summed E-state index contributed by atoms with van der Waals surface area (Å²) in [6, 6.07) is 10.6. The van der Waals surface area contributed by atoms with Gasteiger partial charge in [-0.15, -0.1) is 0 Å². The molecule has 33 heavy (non-hydrogen) atoms. The molecule has 0 heterocycles. The van der Waals surface area contributed by atoms with E-state index in [0.29, 0.717) is 27.6 Å². The zero-order valence-corrected chi connectivity index (χ0v) is 19.9. The van der Waals surface area contributed by atoms with Crippen molar-refractivity contribution in [2.45, 2.75) is 64.1 Å². The van der Waals surface area contributed by atoms with Crippen molar-refractivity contribution in [2.24, 2.45) is 0 Å². The van der Waals surface area contributed by atoms with Crippen LogP contribution < -0.4 is 5.32 Å². The summed E-state index contributed by atoms with van der Waals surface area (Å²) in [6.45, 7) is 1.98. The number of nitrogens with zero attached hydrogens (tertiary/aromatic N) is 2. The number of carbonyl (C=O) groups excluding carboxylic acids is 2. The predicted molar refractivity (Wildman–Crippen MR) is 128 cm³/mol. The van der Waals surface area contributed by atoms with Crippen molar-refractivity contribution in [1.29, 1.82) is 0 Å². The summed E-state index contributed by atoms with van der Waals surface area (Å²) in [5.74, 6) is -0.579. The monoisotopic (exact) mass is 491 g/mol. The lowest BCUT2D eigenvalue weighted by molar-refractivity contribution is -0.385. The van der Waals surface area contributed by atoms with Crippen molar-refractivity contribution in [3.05, 3.63) is 73.8 Å². The molecule has 1 fully saturated rings. The van der Waals surface area contributed by atoms with Crippen LogP contribution in [-0.4, -0.2) is 33.7 Å². The lowest BCUT2D eigenvalue weighted by Crippen LogP contribution is -2.51. The van der Waals surface area contributed by atoms with Gasteiger partial charge in [0.2, 0.25) is 11.8 Å². The molecule has 1 N–H and O–H groups in total. The lowest BCUT2D eigenvalue weighted by Gasteiger charge is -2.31. The predicted octanol–water partition coefficient (Wildman–Crippen LogP) is 5.31. The van der Waals surface area contributed by atoms with E-state index in [1.807, 2.05) is 6.92 Å². The van der Waals surface area contributed by atoms with Crippen LogP contribution in [0.15, 0.2) is 42.5 Å². The molecule has 0 saturated heterocycles. The molecular weight excluding hydrogens is 465 g/mol. The average molecular weight is 492 g/mol. The summed E-state index contributed by atoms with van der Waals surface area (Å²) in [5.41, 5.74) is 0.897. The van der Waals surface area contributed by atoms with Crippen molar-refractivity contribution in [3.63, 3.8) is 0 Å². The smallest absolute Gasteiger partial charge is 0.273 e. The number of rotatable bonds is 9. The molecule has 1 atom stereocenters. The maximum atomic E-state index is 13.4. The Balaban J connectivity index is 1.89. The van der Waals surface area contributed by atoms with Crippen LogP contribution in [0.3, 0.4) is 0 Å². The zero-order valence-electron chi connectivity index (χ0n) is 18.4. The van der Waals surface area contributed by atoms with Gasteiger partial charge in [0, 0.05) is 24.2 Å². The van der Waals surface area contributed by atoms with Crippen LogP contribution >= 0.6 is 23.2 Å². The highest BCUT2D eigenvalue weighted by Gasteiger charge is 2.31. The van der Waals surface area contributed by atoms with Crippen molar-refractivity contribution in [1.82, 2.24) is 10.2 Å². The number of para-hydroxylation sites is 1. The summed E-state index contributed by atoms with van der Waals surface area (Å²) in [6.07, 6.45) is 4.23. The molecule has 2 amide bonds. The Kier molecular flexibility index (Phi) is 8.69. The summed E-state index contributed by atoms with van der Waals surface area (Å²) in [7, 11) is 0. The number of nitrogens with one attached hydrogen (secondary N) is 1. The average Bonchev–Trinajstić information content (AvgIpc) is 3.29. The van der Waals surface area contributed by atoms with Gasteiger partial charge in [0.05, 0.1) is 21.4 Å². The Morgan fingerprint density at radius 1 is 1.15 bits per heavy atom. The summed E-state index contributed by atoms with van der Waals surface area (Å²) in [5, 5.41) is 15.2. The van der Waals surface area contributed by atoms with Crippen LogP contribution in [0.25, 0.3) is 0 Å². The van der Waals surface area contributed by atoms with Crippen molar-refractivity contribution >= 4 is 40.7 Å². The van der Waals surface area contributed by atoms with E-state index in [0.717, 1.165) is 25.7 Å². The van der Waals surface area contributed by atoms with Gasteiger partial charge in [0.1, 0.15) is 6.04 Å². The molecule has 176 valence electrons. The van der Waals surface area contributed by atoms with E-state index in [2.05, 4.69) is 5.32 Å². The van der Waals surface area contributed by atoms with E-state index in [1.54, 1.807) is 36.4 Å². The standard InChI is InChI=1S/C24H27Cl2N3O4/c1-2-21(24(31)27-18-8-4-5-9-18)28(15-16-11-12-19(25)20(26)13-16)23(30)14-17-7-3-6-10-22(17)29(32)33/h3,6-7,10-13,18,21H,2,4-5,8-9,14-15H2,1H3,(H,27,31). The molecule has 7 nitrogen and oxygen atoms in total. The van der Waals surface area contributed by atoms with Crippen LogP contribution in [0.2, 0.25) is 10.0 Å². The van der Waals surface area contributed by atoms with Crippen LogP contribution in [0.4, 0.5) is 5.69 Å². The Morgan fingerprint density at radius 2 is 1.85 bits per heavy atom. The molecule has 1 aliphatic carbocycles. The SMILES string of the molecule is CCC(C(=O)NC1CCCC1)N(Cc1ccc(Cl)c(Cl)c1)C(=O)Cc1ccccc1[N+](=O)[O-]. The minimum absolute atomic E-state index is 0.115. The Labute approximate surface area is 203 Å². The van der Waals surface area contributed by atoms with Crippen LogP contribution in [0, 0.1) is 10.1 Å². The highest BCUT2D eigenvalue weighted by Crippen LogP contribution is 2.26. The van der Waals surface area contributed by atoms with E-state index in [4.69, 9.17) is 23.2 Å². The molecule has 2 aromatic carbocycles. The molecule has 1 aliphatic rings. The largest absolute Gasteiger partial charge is 0.352 e. The fraction of sp³-hybridized carbons (Fsp3) is 0.417. The second kappa shape index (κ2) is 11.5. The number of amides is 2. The first-order chi connectivity index (χ1) is 15.8. The normalized spacial score (nSPS) is 14.6. The van der Waals surface area contributed by atoms with Gasteiger partial charge in [-0.3, -0.25) is 19.7 Å². The quantitative estimate of drug-likeness (QED) is 0.379. The third-order valence-electron chi connectivity index (χ3n) is 5.95. The molecule has 0 radical (unpaired) electrons. The molecule has 2 aromatic rings. The molecule has 1 saturated carbocycles. The molecule has 0 aromatic heterocycles. The highest BCUT2D eigenvalue weighted by atomic mass is 35.5. The summed E-state index contributed by atoms with van der Waals surface area (Å²) < 4.78 is 0. The van der Waals surface area contributed by atoms with Gasteiger partial charge in [-0.2, -0.15) is 0 Å². The molecule has 1 unspecified atom stereocenters. The highest BCUT2D eigenvalue weighted by molar-refractivity contribution is 6.42. The van der Waals surface area contributed by atoms with E-state index in [9.17, 15) is 19.7 Å². The lowest BCUT2D eigenvalue weighted by atomic mass is 10.0. The van der Waals surface area contributed by atoms with Crippen molar-refractivity contribution in [2.75, 3.05) is 0 Å². The minimum Gasteiger partial charge on any atom is -0.352 e. The van der Waals surface area contributed by atoms with Gasteiger partial charge < -0.3 is 10.2 Å². The fourth-order valence-corrected chi connectivity index (χ4v) is 4.55. The third-order valence-corrected chi connectivity index (χ3v) is 6.69. The van der Waals surface area contributed by atoms with Gasteiger partial charge in [-0.25, -0.2) is 0 Å². The minimum atomic E-state index is -0.713. The summed E-state index contributed by atoms with van der Waals surface area (Å²) >= 11 is 12.2. The molecule has 3 rings (SSSR count). The number of halogens is 2. The first-order valence-corrected chi connectivity index (χ1v) is 11.8. The van der Waals surface area contributed by atoms with E-state index < -0.39 is 11.0 Å². The molecule has 0 spiro atoms. The van der Waals surface area contributed by atoms with Gasteiger partial charge in [0.25, 0.3) is 5.69 Å². The zero-order chi connectivity index (χ0) is 24.0. The number of hydrogen-bond acceptors (Lipinski definition) is 4. The first kappa shape index (κ1) is 25.0. The fourth-order valence-electron chi connectivity index (χ4n) is 4.22. The Morgan fingerprint density at radius 3 is 2.48 bits per heavy atom. The number of benzene rings is 2. The van der Waals surface area contributed by atoms with Crippen molar-refractivity contribution in [3.8, 4) is 0 Å². The van der Waals surface area contributed by atoms with Gasteiger partial charge >= 0.3 is 0 Å². The van der Waals surface area contributed by atoms with Crippen LogP contribution in [0.1, 0.15) is 50.2 Å². The topological polar surface area (TPSA) is 92.6 Å². The van der Waals surface area contributed by atoms with Gasteiger partial charge in [-0.05, 0) is 37.0 Å². The van der Waals surface area contributed by atoms with E-state index in [-0.39, 0.29) is 36.5 Å². The van der Waals surface area contributed by atoms with Crippen LogP contribution in [-0.2, 0) is 22.6 Å². The third kappa shape index (κ3) is 6.45. The second-order valence-electron chi connectivity index (χ2n) is 8.25. The van der Waals surface area contributed by atoms with E-state index >= 15 is 0 Å².